The van der Waals surface area contributed by atoms with Crippen molar-refractivity contribution in [1.82, 2.24) is 25.2 Å². The first-order chi connectivity index (χ1) is 16.3. The molecule has 1 aliphatic rings. The van der Waals surface area contributed by atoms with Crippen LogP contribution in [0.4, 0.5) is 23.7 Å². The maximum absolute atomic E-state index is 14.7. The second kappa shape index (κ2) is 10.5. The molecule has 0 bridgehead atoms. The number of anilines is 1. The first-order valence-electron chi connectivity index (χ1n) is 9.56. The SMILES string of the molecule is Cn1nnc(-c2ccc(-c3ccc(N4C[C@@H](C(O)C(F)F)OC4=O)cc3F)cn2)n1.O=P(O)(O)O. The Bertz CT molecular complexity index is 1230. The van der Waals surface area contributed by atoms with Crippen molar-refractivity contribution in [1.29, 1.82) is 0 Å². The number of cyclic esters (lactones) is 1. The van der Waals surface area contributed by atoms with Gasteiger partial charge in [-0.2, -0.15) is 4.80 Å². The summed E-state index contributed by atoms with van der Waals surface area (Å²) < 4.78 is 53.6. The van der Waals surface area contributed by atoms with Crippen LogP contribution in [-0.2, 0) is 16.3 Å². The van der Waals surface area contributed by atoms with E-state index in [4.69, 9.17) is 24.0 Å². The third-order valence-corrected chi connectivity index (χ3v) is 4.55. The predicted octanol–water partition coefficient (Wildman–Crippen LogP) is 1.10. The number of phosphoric acid groups is 1. The maximum atomic E-state index is 14.7. The molecule has 1 saturated heterocycles. The number of aromatic nitrogens is 5. The molecule has 0 spiro atoms. The minimum absolute atomic E-state index is 0.124. The summed E-state index contributed by atoms with van der Waals surface area (Å²) in [5.41, 5.74) is 1.29. The number of amides is 1. The number of carbonyl (C=O) groups excluding carboxylic acids is 1. The lowest BCUT2D eigenvalue weighted by Gasteiger charge is -2.16. The van der Waals surface area contributed by atoms with E-state index in [1.54, 1.807) is 19.2 Å². The number of nitrogens with zero attached hydrogens (tertiary/aromatic N) is 6. The Balaban J connectivity index is 0.000000623. The van der Waals surface area contributed by atoms with Gasteiger partial charge >= 0.3 is 13.9 Å². The highest BCUT2D eigenvalue weighted by atomic mass is 31.2. The van der Waals surface area contributed by atoms with Gasteiger partial charge in [0.1, 0.15) is 11.5 Å². The zero-order chi connectivity index (χ0) is 25.9. The molecule has 1 unspecified atom stereocenters. The fourth-order valence-electron chi connectivity index (χ4n) is 3.01. The smallest absolute Gasteiger partial charge is 0.441 e. The van der Waals surface area contributed by atoms with Crippen LogP contribution < -0.4 is 4.90 Å². The van der Waals surface area contributed by atoms with Crippen molar-refractivity contribution in [2.45, 2.75) is 18.6 Å². The number of alkyl halides is 2. The van der Waals surface area contributed by atoms with E-state index < -0.39 is 38.4 Å². The van der Waals surface area contributed by atoms with Crippen LogP contribution >= 0.6 is 7.82 Å². The minimum atomic E-state index is -4.64. The first kappa shape index (κ1) is 26.2. The quantitative estimate of drug-likeness (QED) is 0.355. The summed E-state index contributed by atoms with van der Waals surface area (Å²) in [6, 6.07) is 7.23. The van der Waals surface area contributed by atoms with Crippen molar-refractivity contribution in [2.24, 2.45) is 7.05 Å². The van der Waals surface area contributed by atoms with Crippen LogP contribution in [0.25, 0.3) is 22.6 Å². The van der Waals surface area contributed by atoms with Gasteiger partial charge in [0.2, 0.25) is 5.82 Å². The molecular formula is C18H18F3N6O7P. The van der Waals surface area contributed by atoms with Crippen LogP contribution in [0, 0.1) is 5.82 Å². The number of benzene rings is 1. The molecule has 2 atom stereocenters. The number of halogens is 3. The number of hydrogen-bond acceptors (Lipinski definition) is 8. The molecule has 0 radical (unpaired) electrons. The molecule has 2 aromatic heterocycles. The van der Waals surface area contributed by atoms with Gasteiger partial charge in [0.15, 0.2) is 12.2 Å². The number of aryl methyl sites for hydroxylation is 1. The van der Waals surface area contributed by atoms with E-state index in [1.807, 2.05) is 0 Å². The number of aliphatic hydroxyl groups excluding tert-OH is 1. The summed E-state index contributed by atoms with van der Waals surface area (Å²) in [6.07, 6.45) is -6.06. The third-order valence-electron chi connectivity index (χ3n) is 4.55. The highest BCUT2D eigenvalue weighted by Crippen LogP contribution is 2.30. The Labute approximate surface area is 194 Å². The lowest BCUT2D eigenvalue weighted by atomic mass is 10.1. The molecule has 4 N–H and O–H groups in total. The van der Waals surface area contributed by atoms with Crippen molar-refractivity contribution >= 4 is 19.6 Å². The lowest BCUT2D eigenvalue weighted by Crippen LogP contribution is -2.36. The van der Waals surface area contributed by atoms with Gasteiger partial charge in [0, 0.05) is 17.3 Å². The molecule has 17 heteroatoms. The third kappa shape index (κ3) is 6.80. The number of rotatable bonds is 5. The van der Waals surface area contributed by atoms with Crippen LogP contribution in [0.15, 0.2) is 36.5 Å². The van der Waals surface area contributed by atoms with E-state index in [0.29, 0.717) is 17.1 Å². The minimum Gasteiger partial charge on any atom is -0.441 e. The molecule has 1 fully saturated rings. The Morgan fingerprint density at radius 1 is 1.20 bits per heavy atom. The average molecular weight is 518 g/mol. The first-order valence-corrected chi connectivity index (χ1v) is 11.1. The van der Waals surface area contributed by atoms with E-state index in [2.05, 4.69) is 20.4 Å². The molecule has 35 heavy (non-hydrogen) atoms. The number of aliphatic hydroxyl groups is 1. The molecule has 0 aliphatic carbocycles. The van der Waals surface area contributed by atoms with Crippen molar-refractivity contribution in [2.75, 3.05) is 11.4 Å². The van der Waals surface area contributed by atoms with E-state index in [-0.39, 0.29) is 17.8 Å². The Morgan fingerprint density at radius 3 is 2.40 bits per heavy atom. The Hall–Kier alpha value is -3.43. The Morgan fingerprint density at radius 2 is 1.89 bits per heavy atom. The summed E-state index contributed by atoms with van der Waals surface area (Å²) in [5.74, 6) is -0.321. The zero-order valence-electron chi connectivity index (χ0n) is 17.7. The van der Waals surface area contributed by atoms with Gasteiger partial charge in [0.25, 0.3) is 6.43 Å². The summed E-state index contributed by atoms with van der Waals surface area (Å²) in [5, 5.41) is 21.0. The number of pyridine rings is 1. The van der Waals surface area contributed by atoms with Crippen LogP contribution in [0.2, 0.25) is 0 Å². The molecule has 1 aliphatic heterocycles. The fraction of sp³-hybridized carbons (Fsp3) is 0.278. The molecular weight excluding hydrogens is 500 g/mol. The molecule has 1 amide bonds. The summed E-state index contributed by atoms with van der Waals surface area (Å²) in [4.78, 5) is 40.0. The maximum Gasteiger partial charge on any atom is 0.466 e. The van der Waals surface area contributed by atoms with Crippen molar-refractivity contribution in [3.05, 3.63) is 42.3 Å². The fourth-order valence-corrected chi connectivity index (χ4v) is 3.01. The molecule has 1 aromatic carbocycles. The van der Waals surface area contributed by atoms with Gasteiger partial charge in [0.05, 0.1) is 19.3 Å². The molecule has 3 heterocycles. The number of ether oxygens (including phenoxy) is 1. The highest BCUT2D eigenvalue weighted by Gasteiger charge is 2.40. The van der Waals surface area contributed by atoms with Gasteiger partial charge in [-0.3, -0.25) is 9.88 Å². The van der Waals surface area contributed by atoms with Gasteiger partial charge in [-0.05, 0) is 29.5 Å². The zero-order valence-corrected chi connectivity index (χ0v) is 18.6. The largest absolute Gasteiger partial charge is 0.466 e. The average Bonchev–Trinajstić information content (AvgIpc) is 3.38. The standard InChI is InChI=1S/C18H15F3N6O3.H3O4P/c1-26-24-17(23-25-26)13-5-2-9(7-22-13)11-4-3-10(6-12(11)19)27-8-14(30-18(27)29)15(28)16(20)21;1-5(2,3)4/h2-7,14-16,28H,8H2,1H3;(H3,1,2,3,4)/t14-,15?;/m0./s1. The molecule has 188 valence electrons. The topological polar surface area (TPSA) is 184 Å². The molecule has 4 rings (SSSR count). The van der Waals surface area contributed by atoms with E-state index in [9.17, 15) is 23.1 Å². The Kier molecular flexibility index (Phi) is 7.82. The van der Waals surface area contributed by atoms with Crippen molar-refractivity contribution in [3.8, 4) is 22.6 Å². The highest BCUT2D eigenvalue weighted by molar-refractivity contribution is 7.45. The second-order valence-corrected chi connectivity index (χ2v) is 8.10. The van der Waals surface area contributed by atoms with Crippen LogP contribution in [0.3, 0.4) is 0 Å². The van der Waals surface area contributed by atoms with Gasteiger partial charge < -0.3 is 24.5 Å². The van der Waals surface area contributed by atoms with Gasteiger partial charge in [-0.25, -0.2) is 22.5 Å². The number of hydrogen-bond donors (Lipinski definition) is 4. The normalized spacial score (nSPS) is 16.7. The van der Waals surface area contributed by atoms with Gasteiger partial charge in [-0.15, -0.1) is 10.2 Å². The second-order valence-electron chi connectivity index (χ2n) is 7.07. The summed E-state index contributed by atoms with van der Waals surface area (Å²) >= 11 is 0. The summed E-state index contributed by atoms with van der Waals surface area (Å²) in [6.45, 7) is -0.315. The molecule has 13 nitrogen and oxygen atoms in total. The van der Waals surface area contributed by atoms with Gasteiger partial charge in [-0.1, -0.05) is 6.07 Å². The monoisotopic (exact) mass is 518 g/mol. The summed E-state index contributed by atoms with van der Waals surface area (Å²) in [7, 11) is -3.02. The van der Waals surface area contributed by atoms with Crippen LogP contribution in [0.1, 0.15) is 0 Å². The lowest BCUT2D eigenvalue weighted by molar-refractivity contribution is -0.0641. The van der Waals surface area contributed by atoms with E-state index >= 15 is 0 Å². The van der Waals surface area contributed by atoms with Crippen LogP contribution in [-0.4, -0.2) is 76.2 Å². The molecule has 3 aromatic rings. The van der Waals surface area contributed by atoms with E-state index in [0.717, 1.165) is 11.0 Å². The number of tetrazole rings is 1. The predicted molar refractivity (Wildman–Crippen MR) is 111 cm³/mol. The van der Waals surface area contributed by atoms with E-state index in [1.165, 1.54) is 23.1 Å². The van der Waals surface area contributed by atoms with Crippen molar-refractivity contribution in [3.63, 3.8) is 0 Å². The van der Waals surface area contributed by atoms with Crippen molar-refractivity contribution < 1.29 is 47.1 Å². The van der Waals surface area contributed by atoms with Crippen LogP contribution in [0.5, 0.6) is 0 Å². The number of carbonyl (C=O) groups is 1. The molecule has 0 saturated carbocycles.